The van der Waals surface area contributed by atoms with Crippen molar-refractivity contribution < 1.29 is 14.3 Å². The number of aryl methyl sites for hydroxylation is 1. The molecule has 1 aliphatic rings. The van der Waals surface area contributed by atoms with Crippen LogP contribution in [0.1, 0.15) is 27.9 Å². The van der Waals surface area contributed by atoms with Gasteiger partial charge in [0.15, 0.2) is 0 Å². The molecule has 0 saturated carbocycles. The summed E-state index contributed by atoms with van der Waals surface area (Å²) < 4.78 is 12.5. The Balaban J connectivity index is 1.54. The number of hydrogen-bond acceptors (Lipinski definition) is 6. The summed E-state index contributed by atoms with van der Waals surface area (Å²) in [5, 5.41) is 12.6. The van der Waals surface area contributed by atoms with Crippen LogP contribution in [0.5, 0.6) is 0 Å². The molecule has 1 unspecified atom stereocenters. The second-order valence-corrected chi connectivity index (χ2v) is 8.09. The van der Waals surface area contributed by atoms with Crippen molar-refractivity contribution in [3.05, 3.63) is 39.3 Å². The molecular formula is C20H31N5O3S. The standard InChI is InChI=1S/C20H31N5O3S/c1-15-17(16(2)25(23-15)8-9-27-3)13-21-20(26)22-14-18(19-5-4-12-29-19)24-6-10-28-11-7-24/h4-5,12,18H,6-11,13-14H2,1-3H3,(H2,21,22,26). The van der Waals surface area contributed by atoms with E-state index in [0.717, 1.165) is 43.3 Å². The lowest BCUT2D eigenvalue weighted by molar-refractivity contribution is 0.0174. The van der Waals surface area contributed by atoms with E-state index in [1.54, 1.807) is 18.4 Å². The number of carbonyl (C=O) groups is 1. The van der Waals surface area contributed by atoms with Gasteiger partial charge in [0.25, 0.3) is 0 Å². The first-order chi connectivity index (χ1) is 14.1. The number of carbonyl (C=O) groups excluding carboxylic acids is 1. The molecule has 1 fully saturated rings. The first kappa shape index (κ1) is 21.8. The SMILES string of the molecule is COCCn1nc(C)c(CNC(=O)NCC(c2cccs2)N2CCOCC2)c1C. The van der Waals surface area contributed by atoms with Crippen molar-refractivity contribution in [3.63, 3.8) is 0 Å². The highest BCUT2D eigenvalue weighted by Crippen LogP contribution is 2.25. The summed E-state index contributed by atoms with van der Waals surface area (Å²) in [6.07, 6.45) is 0. The summed E-state index contributed by atoms with van der Waals surface area (Å²) in [6.45, 7) is 9.56. The van der Waals surface area contributed by atoms with Gasteiger partial charge in [-0.2, -0.15) is 5.10 Å². The summed E-state index contributed by atoms with van der Waals surface area (Å²) in [4.78, 5) is 16.1. The Morgan fingerprint density at radius 2 is 2.14 bits per heavy atom. The van der Waals surface area contributed by atoms with Gasteiger partial charge in [-0.15, -0.1) is 11.3 Å². The number of nitrogens with one attached hydrogen (secondary N) is 2. The minimum Gasteiger partial charge on any atom is -0.383 e. The highest BCUT2D eigenvalue weighted by Gasteiger charge is 2.24. The van der Waals surface area contributed by atoms with Crippen LogP contribution in [-0.4, -0.2) is 67.3 Å². The molecule has 0 bridgehead atoms. The molecule has 0 spiro atoms. The van der Waals surface area contributed by atoms with E-state index >= 15 is 0 Å². The molecule has 3 rings (SSSR count). The Morgan fingerprint density at radius 1 is 1.34 bits per heavy atom. The average Bonchev–Trinajstić information content (AvgIpc) is 3.35. The molecular weight excluding hydrogens is 390 g/mol. The van der Waals surface area contributed by atoms with Gasteiger partial charge >= 0.3 is 6.03 Å². The third-order valence-corrected chi connectivity index (χ3v) is 6.25. The Kier molecular flexibility index (Phi) is 8.05. The van der Waals surface area contributed by atoms with Crippen LogP contribution in [0.4, 0.5) is 4.79 Å². The fourth-order valence-electron chi connectivity index (χ4n) is 3.59. The minimum absolute atomic E-state index is 0.164. The second kappa shape index (κ2) is 10.7. The van der Waals surface area contributed by atoms with E-state index in [-0.39, 0.29) is 12.1 Å². The van der Waals surface area contributed by atoms with Gasteiger partial charge in [-0.25, -0.2) is 4.79 Å². The molecule has 0 aliphatic carbocycles. The fourth-order valence-corrected chi connectivity index (χ4v) is 4.45. The van der Waals surface area contributed by atoms with Gasteiger partial charge in [0, 0.05) is 49.4 Å². The highest BCUT2D eigenvalue weighted by atomic mass is 32.1. The lowest BCUT2D eigenvalue weighted by Gasteiger charge is -2.34. The zero-order valence-corrected chi connectivity index (χ0v) is 18.3. The molecule has 2 N–H and O–H groups in total. The molecule has 1 aliphatic heterocycles. The summed E-state index contributed by atoms with van der Waals surface area (Å²) >= 11 is 1.72. The molecule has 2 amide bonds. The summed E-state index contributed by atoms with van der Waals surface area (Å²) in [7, 11) is 1.68. The van der Waals surface area contributed by atoms with E-state index < -0.39 is 0 Å². The topological polar surface area (TPSA) is 80.6 Å². The first-order valence-electron chi connectivity index (χ1n) is 9.99. The second-order valence-electron chi connectivity index (χ2n) is 7.11. The molecule has 1 atom stereocenters. The number of amides is 2. The maximum Gasteiger partial charge on any atom is 0.315 e. The number of nitrogens with zero attached hydrogens (tertiary/aromatic N) is 3. The van der Waals surface area contributed by atoms with Crippen molar-refractivity contribution in [2.45, 2.75) is 33.0 Å². The van der Waals surface area contributed by atoms with E-state index in [9.17, 15) is 4.79 Å². The molecule has 1 saturated heterocycles. The van der Waals surface area contributed by atoms with Crippen LogP contribution in [0.25, 0.3) is 0 Å². The van der Waals surface area contributed by atoms with Gasteiger partial charge in [-0.3, -0.25) is 9.58 Å². The van der Waals surface area contributed by atoms with Crippen LogP contribution in [0.3, 0.4) is 0 Å². The van der Waals surface area contributed by atoms with Crippen molar-refractivity contribution in [2.24, 2.45) is 0 Å². The Morgan fingerprint density at radius 3 is 2.83 bits per heavy atom. The number of morpholine rings is 1. The molecule has 2 aromatic rings. The maximum atomic E-state index is 12.5. The molecule has 9 heteroatoms. The average molecular weight is 422 g/mol. The van der Waals surface area contributed by atoms with Crippen LogP contribution in [0, 0.1) is 13.8 Å². The van der Waals surface area contributed by atoms with Crippen molar-refractivity contribution in [3.8, 4) is 0 Å². The van der Waals surface area contributed by atoms with Gasteiger partial charge in [0.2, 0.25) is 0 Å². The molecule has 3 heterocycles. The number of thiophene rings is 1. The van der Waals surface area contributed by atoms with Gasteiger partial charge < -0.3 is 20.1 Å². The number of urea groups is 1. The van der Waals surface area contributed by atoms with E-state index in [4.69, 9.17) is 9.47 Å². The van der Waals surface area contributed by atoms with E-state index in [1.807, 2.05) is 18.5 Å². The monoisotopic (exact) mass is 421 g/mol. The summed E-state index contributed by atoms with van der Waals surface area (Å²) in [6, 6.07) is 4.19. The van der Waals surface area contributed by atoms with Crippen LogP contribution in [-0.2, 0) is 22.6 Å². The molecule has 8 nitrogen and oxygen atoms in total. The van der Waals surface area contributed by atoms with Crippen molar-refractivity contribution in [1.29, 1.82) is 0 Å². The van der Waals surface area contributed by atoms with Gasteiger partial charge in [-0.1, -0.05) is 6.07 Å². The normalized spacial score (nSPS) is 16.0. The third kappa shape index (κ3) is 5.79. The zero-order chi connectivity index (χ0) is 20.6. The number of rotatable bonds is 9. The Bertz CT molecular complexity index is 771. The molecule has 29 heavy (non-hydrogen) atoms. The predicted molar refractivity (Wildman–Crippen MR) is 113 cm³/mol. The quantitative estimate of drug-likeness (QED) is 0.648. The van der Waals surface area contributed by atoms with Crippen molar-refractivity contribution >= 4 is 17.4 Å². The maximum absolute atomic E-state index is 12.5. The van der Waals surface area contributed by atoms with Gasteiger partial charge in [-0.05, 0) is 25.3 Å². The first-order valence-corrected chi connectivity index (χ1v) is 10.9. The lowest BCUT2D eigenvalue weighted by Crippen LogP contribution is -2.45. The Labute approximate surface area is 176 Å². The zero-order valence-electron chi connectivity index (χ0n) is 17.4. The summed E-state index contributed by atoms with van der Waals surface area (Å²) in [5.41, 5.74) is 3.05. The van der Waals surface area contributed by atoms with Crippen molar-refractivity contribution in [2.75, 3.05) is 46.6 Å². The minimum atomic E-state index is -0.164. The highest BCUT2D eigenvalue weighted by molar-refractivity contribution is 7.10. The Hall–Kier alpha value is -1.94. The van der Waals surface area contributed by atoms with Gasteiger partial charge in [0.1, 0.15) is 0 Å². The largest absolute Gasteiger partial charge is 0.383 e. The predicted octanol–water partition coefficient (Wildman–Crippen LogP) is 2.08. The lowest BCUT2D eigenvalue weighted by atomic mass is 10.2. The molecule has 0 aromatic carbocycles. The molecule has 160 valence electrons. The van der Waals surface area contributed by atoms with E-state index in [0.29, 0.717) is 26.2 Å². The third-order valence-electron chi connectivity index (χ3n) is 5.28. The number of aromatic nitrogens is 2. The molecule has 2 aromatic heterocycles. The molecule has 0 radical (unpaired) electrons. The van der Waals surface area contributed by atoms with E-state index in [1.165, 1.54) is 4.88 Å². The number of methoxy groups -OCH3 is 1. The van der Waals surface area contributed by atoms with E-state index in [2.05, 4.69) is 38.1 Å². The van der Waals surface area contributed by atoms with Crippen LogP contribution in [0.2, 0.25) is 0 Å². The fraction of sp³-hybridized carbons (Fsp3) is 0.600. The summed E-state index contributed by atoms with van der Waals surface area (Å²) in [5.74, 6) is 0. The number of ether oxygens (including phenoxy) is 2. The van der Waals surface area contributed by atoms with Gasteiger partial charge in [0.05, 0.1) is 38.1 Å². The van der Waals surface area contributed by atoms with Crippen LogP contribution < -0.4 is 10.6 Å². The number of hydrogen-bond donors (Lipinski definition) is 2. The smallest absolute Gasteiger partial charge is 0.315 e. The van der Waals surface area contributed by atoms with Crippen LogP contribution in [0.15, 0.2) is 17.5 Å². The van der Waals surface area contributed by atoms with Crippen LogP contribution >= 0.6 is 11.3 Å². The van der Waals surface area contributed by atoms with Crippen molar-refractivity contribution in [1.82, 2.24) is 25.3 Å².